The Balaban J connectivity index is 1.30. The van der Waals surface area contributed by atoms with Gasteiger partial charge < -0.3 is 14.7 Å². The monoisotopic (exact) mass is 532 g/mol. The van der Waals surface area contributed by atoms with Gasteiger partial charge in [-0.2, -0.15) is 4.72 Å². The molecule has 2 fully saturated rings. The van der Waals surface area contributed by atoms with E-state index in [4.69, 9.17) is 16.3 Å². The summed E-state index contributed by atoms with van der Waals surface area (Å²) >= 11 is 6.95. The molecule has 2 aromatic carbocycles. The number of benzene rings is 2. The zero-order chi connectivity index (χ0) is 24.8. The number of hydrogen-bond donors (Lipinski definition) is 2. The molecule has 0 unspecified atom stereocenters. The van der Waals surface area contributed by atoms with Crippen molar-refractivity contribution in [3.63, 3.8) is 0 Å². The van der Waals surface area contributed by atoms with Crippen molar-refractivity contribution < 1.29 is 27.9 Å². The first kappa shape index (κ1) is 23.8. The molecule has 5 rings (SSSR count). The Morgan fingerprint density at radius 2 is 1.86 bits per heavy atom. The summed E-state index contributed by atoms with van der Waals surface area (Å²) in [6.07, 6.45) is -1.23. The fraction of sp³-hybridized carbons (Fsp3) is 0.250. The second-order valence-corrected chi connectivity index (χ2v) is 12.0. The van der Waals surface area contributed by atoms with E-state index in [9.17, 15) is 23.1 Å². The Morgan fingerprint density at radius 3 is 2.54 bits per heavy atom. The molecule has 8 nitrogen and oxygen atoms in total. The molecule has 0 bridgehead atoms. The molecule has 0 radical (unpaired) electrons. The maximum atomic E-state index is 13.1. The minimum atomic E-state index is -4.13. The zero-order valence-corrected chi connectivity index (χ0v) is 20.6. The van der Waals surface area contributed by atoms with Crippen molar-refractivity contribution in [2.75, 3.05) is 6.54 Å². The number of thiophene rings is 1. The molecule has 1 aromatic heterocycles. The van der Waals surface area contributed by atoms with E-state index in [1.165, 1.54) is 11.0 Å². The Bertz CT molecular complexity index is 1380. The van der Waals surface area contributed by atoms with Gasteiger partial charge in [-0.3, -0.25) is 4.79 Å². The lowest BCUT2D eigenvalue weighted by Gasteiger charge is -2.17. The van der Waals surface area contributed by atoms with Crippen molar-refractivity contribution in [1.82, 2.24) is 9.62 Å². The molecule has 2 heterocycles. The van der Waals surface area contributed by atoms with Gasteiger partial charge in [-0.1, -0.05) is 54.1 Å². The third-order valence-corrected chi connectivity index (χ3v) is 9.65. The summed E-state index contributed by atoms with van der Waals surface area (Å²) in [6, 6.07) is 19.5. The van der Waals surface area contributed by atoms with Crippen LogP contribution in [0.25, 0.3) is 10.4 Å². The van der Waals surface area contributed by atoms with Crippen molar-refractivity contribution in [3.05, 3.63) is 77.3 Å². The lowest BCUT2D eigenvalue weighted by Crippen LogP contribution is -2.46. The summed E-state index contributed by atoms with van der Waals surface area (Å²) < 4.78 is 34.1. The van der Waals surface area contributed by atoms with E-state index in [1.807, 2.05) is 30.3 Å². The molecule has 1 amide bonds. The van der Waals surface area contributed by atoms with Gasteiger partial charge in [0, 0.05) is 22.4 Å². The van der Waals surface area contributed by atoms with Crippen LogP contribution in [0.5, 0.6) is 0 Å². The minimum Gasteiger partial charge on any atom is -0.480 e. The highest BCUT2D eigenvalue weighted by Gasteiger charge is 2.67. The average molecular weight is 533 g/mol. The summed E-state index contributed by atoms with van der Waals surface area (Å²) in [5, 5.41) is 10.5. The number of nitrogens with one attached hydrogen (secondary N) is 1. The molecular weight excluding hydrogens is 512 g/mol. The Kier molecular flexibility index (Phi) is 6.08. The molecule has 0 spiro atoms. The standard InChI is InChI=1S/C24H21ClN2O6S2/c25-17-8-6-16(7-9-17)20-10-11-21(34-20)35(31,32)26-24(22(28)29)12-18(24)19-14-27(23(30)33-19)13-15-4-2-1-3-5-15/h1-11,18-19,26H,12-14H2,(H,28,29)/t18-,19-,24+/m1/s1. The van der Waals surface area contributed by atoms with Gasteiger partial charge in [0.25, 0.3) is 10.0 Å². The molecule has 3 atom stereocenters. The van der Waals surface area contributed by atoms with Crippen LogP contribution in [0.4, 0.5) is 4.79 Å². The van der Waals surface area contributed by atoms with Crippen molar-refractivity contribution >= 4 is 45.0 Å². The van der Waals surface area contributed by atoms with Gasteiger partial charge in [-0.15, -0.1) is 11.3 Å². The Morgan fingerprint density at radius 1 is 1.14 bits per heavy atom. The molecule has 11 heteroatoms. The number of carboxylic acids is 1. The minimum absolute atomic E-state index is 0.00264. The number of cyclic esters (lactones) is 1. The van der Waals surface area contributed by atoms with Crippen LogP contribution in [0.2, 0.25) is 5.02 Å². The van der Waals surface area contributed by atoms with Crippen molar-refractivity contribution in [3.8, 4) is 10.4 Å². The highest BCUT2D eigenvalue weighted by Crippen LogP contribution is 2.50. The fourth-order valence-corrected chi connectivity index (χ4v) is 7.19. The maximum Gasteiger partial charge on any atom is 0.410 e. The van der Waals surface area contributed by atoms with Crippen LogP contribution in [0.1, 0.15) is 12.0 Å². The summed E-state index contributed by atoms with van der Waals surface area (Å²) in [5.41, 5.74) is -0.00787. The number of carboxylic acid groups (broad SMARTS) is 1. The number of rotatable bonds is 8. The summed E-state index contributed by atoms with van der Waals surface area (Å²) in [4.78, 5) is 26.8. The average Bonchev–Trinajstić information content (AvgIpc) is 3.15. The van der Waals surface area contributed by atoms with Gasteiger partial charge in [0.2, 0.25) is 0 Å². The van der Waals surface area contributed by atoms with Crippen molar-refractivity contribution in [2.45, 2.75) is 28.8 Å². The molecule has 3 aromatic rings. The first-order valence-electron chi connectivity index (χ1n) is 10.8. The number of halogens is 1. The highest BCUT2D eigenvalue weighted by atomic mass is 35.5. The lowest BCUT2D eigenvalue weighted by molar-refractivity contribution is -0.141. The predicted octanol–water partition coefficient (Wildman–Crippen LogP) is 4.21. The second-order valence-electron chi connectivity index (χ2n) is 8.61. The van der Waals surface area contributed by atoms with E-state index >= 15 is 0 Å². The smallest absolute Gasteiger partial charge is 0.410 e. The fourth-order valence-electron chi connectivity index (χ4n) is 4.34. The third-order valence-electron chi connectivity index (χ3n) is 6.26. The van der Waals surface area contributed by atoms with Crippen molar-refractivity contribution in [1.29, 1.82) is 0 Å². The normalized spacial score (nSPS) is 23.8. The Hall–Kier alpha value is -2.92. The molecular formula is C24H21ClN2O6S2. The summed E-state index contributed by atoms with van der Waals surface area (Å²) in [5.74, 6) is -1.96. The van der Waals surface area contributed by atoms with E-state index in [0.29, 0.717) is 16.4 Å². The quantitative estimate of drug-likeness (QED) is 0.449. The maximum absolute atomic E-state index is 13.1. The third kappa shape index (κ3) is 4.66. The SMILES string of the molecule is O=C1O[C@@H]([C@H]2C[C@@]2(NS(=O)(=O)c2ccc(-c3ccc(Cl)cc3)s2)C(=O)O)CN1Cc1ccccc1. The van der Waals surface area contributed by atoms with E-state index in [-0.39, 0.29) is 17.2 Å². The van der Waals surface area contributed by atoms with Crippen LogP contribution in [-0.4, -0.2) is 48.7 Å². The first-order valence-corrected chi connectivity index (χ1v) is 13.5. The van der Waals surface area contributed by atoms with Gasteiger partial charge in [0.15, 0.2) is 0 Å². The number of hydrogen-bond acceptors (Lipinski definition) is 6. The largest absolute Gasteiger partial charge is 0.480 e. The van der Waals surface area contributed by atoms with E-state index in [0.717, 1.165) is 22.5 Å². The van der Waals surface area contributed by atoms with E-state index < -0.39 is 39.6 Å². The van der Waals surface area contributed by atoms with Gasteiger partial charge >= 0.3 is 12.1 Å². The van der Waals surface area contributed by atoms with Gasteiger partial charge in [-0.05, 0) is 41.8 Å². The molecule has 1 aliphatic carbocycles. The Labute approximate surface area is 211 Å². The van der Waals surface area contributed by atoms with Crippen molar-refractivity contribution in [2.24, 2.45) is 5.92 Å². The molecule has 1 saturated heterocycles. The van der Waals surface area contributed by atoms with Gasteiger partial charge in [-0.25, -0.2) is 13.2 Å². The molecule has 2 N–H and O–H groups in total. The molecule has 1 saturated carbocycles. The second kappa shape index (κ2) is 8.94. The topological polar surface area (TPSA) is 113 Å². The van der Waals surface area contributed by atoms with Crippen LogP contribution < -0.4 is 4.72 Å². The molecule has 2 aliphatic rings. The predicted molar refractivity (Wildman–Crippen MR) is 131 cm³/mol. The molecule has 182 valence electrons. The number of ether oxygens (including phenoxy) is 1. The van der Waals surface area contributed by atoms with Crippen LogP contribution >= 0.6 is 22.9 Å². The van der Waals surface area contributed by atoms with E-state index in [2.05, 4.69) is 4.72 Å². The number of carbonyl (C=O) groups excluding carboxylic acids is 1. The lowest BCUT2D eigenvalue weighted by atomic mass is 10.1. The highest BCUT2D eigenvalue weighted by molar-refractivity contribution is 7.91. The number of nitrogens with zero attached hydrogens (tertiary/aromatic N) is 1. The van der Waals surface area contributed by atoms with Gasteiger partial charge in [0.1, 0.15) is 15.9 Å². The number of carbonyl (C=O) groups is 2. The molecule has 35 heavy (non-hydrogen) atoms. The van der Waals surface area contributed by atoms with Gasteiger partial charge in [0.05, 0.1) is 6.54 Å². The van der Waals surface area contributed by atoms with E-state index in [1.54, 1.807) is 30.3 Å². The number of aliphatic carboxylic acids is 1. The zero-order valence-electron chi connectivity index (χ0n) is 18.3. The van der Waals surface area contributed by atoms with Crippen LogP contribution in [0.3, 0.4) is 0 Å². The summed E-state index contributed by atoms with van der Waals surface area (Å²) in [7, 11) is -4.13. The summed E-state index contributed by atoms with van der Waals surface area (Å²) in [6.45, 7) is 0.520. The molecule has 1 aliphatic heterocycles. The van der Waals surface area contributed by atoms with Crippen LogP contribution in [0, 0.1) is 5.92 Å². The van der Waals surface area contributed by atoms with Crippen LogP contribution in [-0.2, 0) is 26.1 Å². The van der Waals surface area contributed by atoms with Crippen LogP contribution in [0.15, 0.2) is 70.9 Å². The number of amides is 1. The number of sulfonamides is 1. The first-order chi connectivity index (χ1) is 16.7.